The Bertz CT molecular complexity index is 613. The first kappa shape index (κ1) is 12.0. The van der Waals surface area contributed by atoms with Gasteiger partial charge in [0.2, 0.25) is 0 Å². The van der Waals surface area contributed by atoms with Crippen LogP contribution in [0.15, 0.2) is 24.5 Å². The van der Waals surface area contributed by atoms with Gasteiger partial charge in [0.05, 0.1) is 6.04 Å². The molecule has 0 radical (unpaired) electrons. The maximum atomic E-state index is 11.7. The van der Waals surface area contributed by atoms with Crippen molar-refractivity contribution in [1.29, 1.82) is 0 Å². The standard InChI is InChI=1S/C14H16N4O/c1-10(19)12-4-2-3-9-18(12)13-6-5-11-14(17-13)16-8-7-15-11/h5-8,12H,2-4,9H2,1H3. The van der Waals surface area contributed by atoms with Gasteiger partial charge in [-0.25, -0.2) is 9.97 Å². The van der Waals surface area contributed by atoms with Crippen LogP contribution < -0.4 is 4.90 Å². The highest BCUT2D eigenvalue weighted by atomic mass is 16.1. The first-order chi connectivity index (χ1) is 9.25. The smallest absolute Gasteiger partial charge is 0.180 e. The van der Waals surface area contributed by atoms with E-state index in [0.29, 0.717) is 5.65 Å². The normalized spacial score (nSPS) is 19.6. The molecule has 1 atom stereocenters. The number of aromatic nitrogens is 3. The second-order valence-electron chi connectivity index (χ2n) is 4.88. The number of carbonyl (C=O) groups is 1. The van der Waals surface area contributed by atoms with E-state index in [1.54, 1.807) is 19.3 Å². The van der Waals surface area contributed by atoms with Crippen LogP contribution in [0.5, 0.6) is 0 Å². The maximum Gasteiger partial charge on any atom is 0.180 e. The summed E-state index contributed by atoms with van der Waals surface area (Å²) in [6.07, 6.45) is 6.41. The molecule has 1 unspecified atom stereocenters. The van der Waals surface area contributed by atoms with Crippen molar-refractivity contribution in [3.63, 3.8) is 0 Å². The quantitative estimate of drug-likeness (QED) is 0.822. The number of piperidine rings is 1. The van der Waals surface area contributed by atoms with Crippen LogP contribution in [0, 0.1) is 0 Å². The Kier molecular flexibility index (Phi) is 3.11. The molecule has 0 bridgehead atoms. The molecule has 5 nitrogen and oxygen atoms in total. The summed E-state index contributed by atoms with van der Waals surface area (Å²) in [5, 5.41) is 0. The van der Waals surface area contributed by atoms with Crippen LogP contribution in [0.1, 0.15) is 26.2 Å². The summed E-state index contributed by atoms with van der Waals surface area (Å²) < 4.78 is 0. The zero-order chi connectivity index (χ0) is 13.2. The molecule has 1 aliphatic heterocycles. The Labute approximate surface area is 111 Å². The van der Waals surface area contributed by atoms with E-state index in [0.717, 1.165) is 37.1 Å². The molecule has 2 aromatic rings. The monoisotopic (exact) mass is 256 g/mol. The third-order valence-corrected chi connectivity index (χ3v) is 3.58. The van der Waals surface area contributed by atoms with Crippen molar-refractivity contribution in [1.82, 2.24) is 15.0 Å². The third-order valence-electron chi connectivity index (χ3n) is 3.58. The molecule has 98 valence electrons. The fourth-order valence-electron chi connectivity index (χ4n) is 2.63. The Morgan fingerprint density at radius 2 is 2.11 bits per heavy atom. The second-order valence-corrected chi connectivity index (χ2v) is 4.88. The Hall–Kier alpha value is -2.04. The van der Waals surface area contributed by atoms with Crippen molar-refractivity contribution in [3.05, 3.63) is 24.5 Å². The van der Waals surface area contributed by atoms with E-state index < -0.39 is 0 Å². The Morgan fingerprint density at radius 1 is 1.26 bits per heavy atom. The molecular formula is C14H16N4O. The second kappa shape index (κ2) is 4.91. The molecule has 1 saturated heterocycles. The minimum atomic E-state index is -0.0460. The first-order valence-electron chi connectivity index (χ1n) is 6.60. The summed E-state index contributed by atoms with van der Waals surface area (Å²) in [6.45, 7) is 2.53. The fraction of sp³-hybridized carbons (Fsp3) is 0.429. The lowest BCUT2D eigenvalue weighted by atomic mass is 9.99. The summed E-state index contributed by atoms with van der Waals surface area (Å²) in [5.41, 5.74) is 1.41. The van der Waals surface area contributed by atoms with E-state index in [1.807, 2.05) is 12.1 Å². The summed E-state index contributed by atoms with van der Waals surface area (Å²) in [7, 11) is 0. The number of hydrogen-bond acceptors (Lipinski definition) is 5. The van der Waals surface area contributed by atoms with E-state index in [-0.39, 0.29) is 11.8 Å². The van der Waals surface area contributed by atoms with Gasteiger partial charge in [-0.2, -0.15) is 0 Å². The van der Waals surface area contributed by atoms with Gasteiger partial charge in [-0.1, -0.05) is 0 Å². The van der Waals surface area contributed by atoms with Gasteiger partial charge in [-0.3, -0.25) is 9.78 Å². The number of pyridine rings is 1. The summed E-state index contributed by atoms with van der Waals surface area (Å²) >= 11 is 0. The largest absolute Gasteiger partial charge is 0.347 e. The molecule has 3 heterocycles. The molecule has 19 heavy (non-hydrogen) atoms. The van der Waals surface area contributed by atoms with Crippen LogP contribution in [-0.4, -0.2) is 33.3 Å². The zero-order valence-corrected chi connectivity index (χ0v) is 10.9. The van der Waals surface area contributed by atoms with Crippen molar-refractivity contribution < 1.29 is 4.79 Å². The van der Waals surface area contributed by atoms with Crippen LogP contribution >= 0.6 is 0 Å². The lowest BCUT2D eigenvalue weighted by Crippen LogP contribution is -2.44. The molecule has 3 rings (SSSR count). The van der Waals surface area contributed by atoms with Crippen molar-refractivity contribution in [2.45, 2.75) is 32.2 Å². The van der Waals surface area contributed by atoms with Gasteiger partial charge < -0.3 is 4.90 Å². The molecule has 1 aliphatic rings. The van der Waals surface area contributed by atoms with E-state index in [9.17, 15) is 4.79 Å². The van der Waals surface area contributed by atoms with Crippen molar-refractivity contribution in [2.75, 3.05) is 11.4 Å². The van der Waals surface area contributed by atoms with Crippen molar-refractivity contribution in [2.24, 2.45) is 0 Å². The molecule has 0 spiro atoms. The lowest BCUT2D eigenvalue weighted by Gasteiger charge is -2.35. The van der Waals surface area contributed by atoms with Gasteiger partial charge in [0.15, 0.2) is 11.4 Å². The maximum absolute atomic E-state index is 11.7. The van der Waals surface area contributed by atoms with Crippen molar-refractivity contribution >= 4 is 22.8 Å². The number of hydrogen-bond donors (Lipinski definition) is 0. The molecule has 0 aromatic carbocycles. The average Bonchev–Trinajstić information content (AvgIpc) is 2.46. The Balaban J connectivity index is 1.99. The molecule has 5 heteroatoms. The predicted octanol–water partition coefficient (Wildman–Crippen LogP) is 1.97. The van der Waals surface area contributed by atoms with E-state index >= 15 is 0 Å². The van der Waals surface area contributed by atoms with E-state index in [1.165, 1.54) is 0 Å². The fourth-order valence-corrected chi connectivity index (χ4v) is 2.63. The van der Waals surface area contributed by atoms with E-state index in [2.05, 4.69) is 19.9 Å². The van der Waals surface area contributed by atoms with Crippen LogP contribution in [0.2, 0.25) is 0 Å². The number of anilines is 1. The summed E-state index contributed by atoms with van der Waals surface area (Å²) in [6, 6.07) is 3.80. The summed E-state index contributed by atoms with van der Waals surface area (Å²) in [4.78, 5) is 26.8. The van der Waals surface area contributed by atoms with Gasteiger partial charge >= 0.3 is 0 Å². The van der Waals surface area contributed by atoms with Crippen LogP contribution in [0.25, 0.3) is 11.2 Å². The number of ketones is 1. The number of nitrogens with zero attached hydrogens (tertiary/aromatic N) is 4. The highest BCUT2D eigenvalue weighted by Crippen LogP contribution is 2.24. The van der Waals surface area contributed by atoms with Crippen LogP contribution in [0.3, 0.4) is 0 Å². The molecule has 0 N–H and O–H groups in total. The van der Waals surface area contributed by atoms with Crippen LogP contribution in [-0.2, 0) is 4.79 Å². The molecule has 0 saturated carbocycles. The highest BCUT2D eigenvalue weighted by molar-refractivity contribution is 5.85. The molecule has 2 aromatic heterocycles. The Morgan fingerprint density at radius 3 is 2.95 bits per heavy atom. The van der Waals surface area contributed by atoms with Gasteiger partial charge in [0.25, 0.3) is 0 Å². The van der Waals surface area contributed by atoms with E-state index in [4.69, 9.17) is 0 Å². The van der Waals surface area contributed by atoms with Gasteiger partial charge in [0, 0.05) is 18.9 Å². The molecule has 0 amide bonds. The third kappa shape index (κ3) is 2.28. The minimum Gasteiger partial charge on any atom is -0.347 e. The minimum absolute atomic E-state index is 0.0460. The van der Waals surface area contributed by atoms with Crippen LogP contribution in [0.4, 0.5) is 5.82 Å². The number of fused-ring (bicyclic) bond motifs is 1. The zero-order valence-electron chi connectivity index (χ0n) is 10.9. The summed E-state index contributed by atoms with van der Waals surface area (Å²) in [5.74, 6) is 1.04. The number of Topliss-reactive ketones (excluding diaryl/α,β-unsaturated/α-hetero) is 1. The molecular weight excluding hydrogens is 240 g/mol. The first-order valence-corrected chi connectivity index (χ1v) is 6.60. The van der Waals surface area contributed by atoms with Gasteiger partial charge in [-0.05, 0) is 38.3 Å². The molecule has 1 fully saturated rings. The average molecular weight is 256 g/mol. The van der Waals surface area contributed by atoms with Gasteiger partial charge in [0.1, 0.15) is 11.3 Å². The van der Waals surface area contributed by atoms with Gasteiger partial charge in [-0.15, -0.1) is 0 Å². The lowest BCUT2D eigenvalue weighted by molar-refractivity contribution is -0.118. The number of rotatable bonds is 2. The molecule has 0 aliphatic carbocycles. The number of carbonyl (C=O) groups excluding carboxylic acids is 1. The van der Waals surface area contributed by atoms with Crippen molar-refractivity contribution in [3.8, 4) is 0 Å². The topological polar surface area (TPSA) is 59.0 Å². The predicted molar refractivity (Wildman–Crippen MR) is 73.0 cm³/mol. The SMILES string of the molecule is CC(=O)C1CCCCN1c1ccc2nccnc2n1. The highest BCUT2D eigenvalue weighted by Gasteiger charge is 2.27.